The molecule has 0 aromatic heterocycles. The maximum absolute atomic E-state index is 13.4. The van der Waals surface area contributed by atoms with Gasteiger partial charge in [-0.15, -0.1) is 0 Å². The van der Waals surface area contributed by atoms with Gasteiger partial charge in [0.15, 0.2) is 0 Å². The second kappa shape index (κ2) is 6.24. The van der Waals surface area contributed by atoms with E-state index in [-0.39, 0.29) is 16.3 Å². The average molecular weight is 373 g/mol. The number of ether oxygens (including phenoxy) is 1. The topological polar surface area (TPSA) is 58.6 Å². The monoisotopic (exact) mass is 372 g/mol. The number of nitrogens with one attached hydrogen (secondary N) is 1. The second-order valence-corrected chi connectivity index (χ2v) is 6.97. The Kier molecular flexibility index (Phi) is 4.75. The molecule has 0 unspecified atom stereocenters. The highest BCUT2D eigenvalue weighted by Gasteiger charge is 2.38. The van der Waals surface area contributed by atoms with Crippen molar-refractivity contribution >= 4 is 33.6 Å². The van der Waals surface area contributed by atoms with Gasteiger partial charge in [0.05, 0.1) is 16.1 Å². The molecule has 1 aliphatic rings. The van der Waals surface area contributed by atoms with Gasteiger partial charge in [0.1, 0.15) is 11.4 Å². The van der Waals surface area contributed by atoms with Crippen molar-refractivity contribution in [2.75, 3.05) is 18.4 Å². The Balaban J connectivity index is 1.87. The summed E-state index contributed by atoms with van der Waals surface area (Å²) < 4.78 is 18.8. The molecule has 0 aliphatic carbocycles. The van der Waals surface area contributed by atoms with Crippen LogP contribution in [0.25, 0.3) is 0 Å². The molecule has 120 valence electrons. The molecule has 1 fully saturated rings. The van der Waals surface area contributed by atoms with Crippen LogP contribution < -0.4 is 5.32 Å². The molecule has 0 radical (unpaired) electrons. The van der Waals surface area contributed by atoms with E-state index in [4.69, 9.17) is 4.74 Å². The molecule has 1 aromatic rings. The van der Waals surface area contributed by atoms with Gasteiger partial charge in [-0.3, -0.25) is 4.79 Å². The molecule has 0 saturated carbocycles. The van der Waals surface area contributed by atoms with Crippen LogP contribution in [0.15, 0.2) is 22.7 Å². The molecule has 22 heavy (non-hydrogen) atoms. The third kappa shape index (κ3) is 3.97. The first-order chi connectivity index (χ1) is 10.2. The number of amides is 2. The molecular weight excluding hydrogens is 355 g/mol. The zero-order valence-corrected chi connectivity index (χ0v) is 14.2. The fourth-order valence-electron chi connectivity index (χ4n) is 1.96. The molecule has 1 heterocycles. The molecule has 1 aromatic carbocycles. The number of carbonyl (C=O) groups is 2. The van der Waals surface area contributed by atoms with Crippen LogP contribution in [0.2, 0.25) is 0 Å². The number of rotatable bonds is 2. The first kappa shape index (κ1) is 16.7. The average Bonchev–Trinajstić information content (AvgIpc) is 2.30. The van der Waals surface area contributed by atoms with Crippen molar-refractivity contribution in [1.29, 1.82) is 0 Å². The third-order valence-corrected chi connectivity index (χ3v) is 3.92. The molecule has 1 saturated heterocycles. The van der Waals surface area contributed by atoms with Gasteiger partial charge in [0.25, 0.3) is 0 Å². The van der Waals surface area contributed by atoms with E-state index in [1.165, 1.54) is 17.0 Å². The van der Waals surface area contributed by atoms with Crippen LogP contribution in [-0.2, 0) is 9.53 Å². The Morgan fingerprint density at radius 3 is 2.59 bits per heavy atom. The van der Waals surface area contributed by atoms with Crippen molar-refractivity contribution < 1.29 is 18.7 Å². The summed E-state index contributed by atoms with van der Waals surface area (Å²) in [5.74, 6) is -1.00. The van der Waals surface area contributed by atoms with Crippen LogP contribution in [0.3, 0.4) is 0 Å². The van der Waals surface area contributed by atoms with Gasteiger partial charge >= 0.3 is 6.09 Å². The fourth-order valence-corrected chi connectivity index (χ4v) is 2.32. The van der Waals surface area contributed by atoms with Crippen LogP contribution >= 0.6 is 15.9 Å². The summed E-state index contributed by atoms with van der Waals surface area (Å²) in [6.45, 7) is 5.96. The van der Waals surface area contributed by atoms with Gasteiger partial charge in [-0.25, -0.2) is 9.18 Å². The van der Waals surface area contributed by atoms with E-state index in [1.807, 2.05) is 0 Å². The third-order valence-electron chi connectivity index (χ3n) is 3.11. The lowest BCUT2D eigenvalue weighted by atomic mass is 10.00. The van der Waals surface area contributed by atoms with Gasteiger partial charge in [0, 0.05) is 13.1 Å². The van der Waals surface area contributed by atoms with E-state index >= 15 is 0 Å². The van der Waals surface area contributed by atoms with E-state index in [0.717, 1.165) is 0 Å². The van der Waals surface area contributed by atoms with E-state index in [2.05, 4.69) is 21.2 Å². The maximum Gasteiger partial charge on any atom is 0.410 e. The highest BCUT2D eigenvalue weighted by molar-refractivity contribution is 9.10. The molecule has 2 rings (SSSR count). The molecule has 1 N–H and O–H groups in total. The predicted molar refractivity (Wildman–Crippen MR) is 84.0 cm³/mol. The number of hydrogen-bond acceptors (Lipinski definition) is 3. The molecule has 7 heteroatoms. The molecule has 1 aliphatic heterocycles. The minimum atomic E-state index is -0.559. The van der Waals surface area contributed by atoms with Crippen LogP contribution in [0.5, 0.6) is 0 Å². The number of hydrogen-bond donors (Lipinski definition) is 1. The van der Waals surface area contributed by atoms with Crippen molar-refractivity contribution in [3.63, 3.8) is 0 Å². The highest BCUT2D eigenvalue weighted by atomic mass is 79.9. The van der Waals surface area contributed by atoms with Crippen molar-refractivity contribution in [1.82, 2.24) is 4.90 Å². The lowest BCUT2D eigenvalue weighted by Gasteiger charge is -2.38. The number of anilines is 1. The quantitative estimate of drug-likeness (QED) is 0.865. The lowest BCUT2D eigenvalue weighted by Crippen LogP contribution is -2.55. The molecule has 0 atom stereocenters. The van der Waals surface area contributed by atoms with Crippen molar-refractivity contribution in [2.24, 2.45) is 5.92 Å². The predicted octanol–water partition coefficient (Wildman–Crippen LogP) is 3.39. The second-order valence-electron chi connectivity index (χ2n) is 6.17. The normalized spacial score (nSPS) is 15.2. The summed E-state index contributed by atoms with van der Waals surface area (Å²) in [4.78, 5) is 25.3. The van der Waals surface area contributed by atoms with Crippen LogP contribution in [0.4, 0.5) is 14.9 Å². The standard InChI is InChI=1S/C15H18BrFN2O3/c1-15(2,3)22-14(21)19-7-9(8-19)13(20)18-11-6-4-5-10(17)12(11)16/h4-6,9H,7-8H2,1-3H3,(H,18,20). The molecule has 0 bridgehead atoms. The minimum absolute atomic E-state index is 0.215. The summed E-state index contributed by atoms with van der Waals surface area (Å²) in [5, 5.41) is 2.66. The summed E-state index contributed by atoms with van der Waals surface area (Å²) in [6, 6.07) is 4.42. The number of benzene rings is 1. The fraction of sp³-hybridized carbons (Fsp3) is 0.467. The first-order valence-electron chi connectivity index (χ1n) is 6.90. The molecule has 0 spiro atoms. The Morgan fingerprint density at radius 1 is 1.36 bits per heavy atom. The first-order valence-corrected chi connectivity index (χ1v) is 7.69. The van der Waals surface area contributed by atoms with E-state index in [0.29, 0.717) is 18.8 Å². The maximum atomic E-state index is 13.4. The smallest absolute Gasteiger partial charge is 0.410 e. The van der Waals surface area contributed by atoms with Crippen molar-refractivity contribution in [2.45, 2.75) is 26.4 Å². The van der Waals surface area contributed by atoms with Gasteiger partial charge in [0.2, 0.25) is 5.91 Å². The number of nitrogens with zero attached hydrogens (tertiary/aromatic N) is 1. The zero-order chi connectivity index (χ0) is 16.5. The van der Waals surface area contributed by atoms with Gasteiger partial charge in [-0.2, -0.15) is 0 Å². The van der Waals surface area contributed by atoms with E-state index in [9.17, 15) is 14.0 Å². The van der Waals surface area contributed by atoms with Crippen molar-refractivity contribution in [3.05, 3.63) is 28.5 Å². The summed E-state index contributed by atoms with van der Waals surface area (Å²) in [6.07, 6.45) is -0.427. The largest absolute Gasteiger partial charge is 0.444 e. The Bertz CT molecular complexity index is 595. The zero-order valence-electron chi connectivity index (χ0n) is 12.7. The molecular formula is C15H18BrFN2O3. The number of carbonyl (C=O) groups excluding carboxylic acids is 2. The Morgan fingerprint density at radius 2 is 2.00 bits per heavy atom. The van der Waals surface area contributed by atoms with Crippen molar-refractivity contribution in [3.8, 4) is 0 Å². The highest BCUT2D eigenvalue weighted by Crippen LogP contribution is 2.27. The van der Waals surface area contributed by atoms with Gasteiger partial charge in [-0.1, -0.05) is 6.07 Å². The minimum Gasteiger partial charge on any atom is -0.444 e. The summed E-state index contributed by atoms with van der Waals surface area (Å²) >= 11 is 3.09. The van der Waals surface area contributed by atoms with Crippen LogP contribution in [0, 0.1) is 11.7 Å². The van der Waals surface area contributed by atoms with Crippen LogP contribution in [0.1, 0.15) is 20.8 Å². The number of halogens is 2. The Labute approximate surface area is 136 Å². The SMILES string of the molecule is CC(C)(C)OC(=O)N1CC(C(=O)Nc2cccc(F)c2Br)C1. The lowest BCUT2D eigenvalue weighted by molar-refractivity contribution is -0.124. The van der Waals surface area contributed by atoms with Gasteiger partial charge in [-0.05, 0) is 48.8 Å². The molecule has 2 amide bonds. The number of likely N-dealkylation sites (tertiary alicyclic amines) is 1. The van der Waals surface area contributed by atoms with E-state index in [1.54, 1.807) is 26.8 Å². The molecule has 5 nitrogen and oxygen atoms in total. The summed E-state index contributed by atoms with van der Waals surface area (Å²) in [7, 11) is 0. The summed E-state index contributed by atoms with van der Waals surface area (Å²) in [5.41, 5.74) is -0.183. The Hall–Kier alpha value is -1.63. The van der Waals surface area contributed by atoms with Gasteiger partial charge < -0.3 is 15.0 Å². The van der Waals surface area contributed by atoms with E-state index < -0.39 is 17.5 Å². The van der Waals surface area contributed by atoms with Crippen LogP contribution in [-0.4, -0.2) is 35.6 Å².